The molecule has 21 heavy (non-hydrogen) atoms. The molecule has 4 heteroatoms. The maximum atomic E-state index is 14.2. The Kier molecular flexibility index (Phi) is 4.31. The topological polar surface area (TPSA) is 44.5 Å². The summed E-state index contributed by atoms with van der Waals surface area (Å²) in [5.74, 6) is -0.0588. The minimum absolute atomic E-state index is 0.0131. The second-order valence-electron chi connectivity index (χ2n) is 7.22. The summed E-state index contributed by atoms with van der Waals surface area (Å²) in [6.45, 7) is 9.92. The molecule has 0 aliphatic carbocycles. The summed E-state index contributed by atoms with van der Waals surface area (Å²) < 4.78 is 26.1. The van der Waals surface area contributed by atoms with Crippen molar-refractivity contribution in [3.8, 4) is 5.75 Å². The molecule has 1 aromatic rings. The highest BCUT2D eigenvalue weighted by Crippen LogP contribution is 2.39. The zero-order valence-corrected chi connectivity index (χ0v) is 13.6. The van der Waals surface area contributed by atoms with Gasteiger partial charge in [-0.1, -0.05) is 6.07 Å². The van der Waals surface area contributed by atoms with Gasteiger partial charge in [0.05, 0.1) is 5.60 Å². The van der Waals surface area contributed by atoms with Crippen molar-refractivity contribution in [1.82, 2.24) is 0 Å². The third-order valence-corrected chi connectivity index (χ3v) is 3.81. The second-order valence-corrected chi connectivity index (χ2v) is 7.22. The van der Waals surface area contributed by atoms with Crippen LogP contribution in [-0.4, -0.2) is 23.3 Å². The van der Waals surface area contributed by atoms with E-state index in [1.807, 2.05) is 40.7 Å². The molecule has 0 aromatic heterocycles. The maximum absolute atomic E-state index is 14.2. The number of rotatable bonds is 4. The SMILES string of the molecule is CC(N)Cc1ccc(OC2CC(C)(C)OC2(C)C)c(F)c1. The van der Waals surface area contributed by atoms with Gasteiger partial charge in [0.15, 0.2) is 11.6 Å². The molecule has 1 heterocycles. The molecule has 0 spiro atoms. The van der Waals surface area contributed by atoms with Crippen LogP contribution in [0.3, 0.4) is 0 Å². The molecule has 2 unspecified atom stereocenters. The predicted molar refractivity (Wildman–Crippen MR) is 82.0 cm³/mol. The molecule has 2 N–H and O–H groups in total. The van der Waals surface area contributed by atoms with Gasteiger partial charge in [0.1, 0.15) is 11.7 Å². The highest BCUT2D eigenvalue weighted by Gasteiger charge is 2.47. The number of hydrogen-bond acceptors (Lipinski definition) is 3. The monoisotopic (exact) mass is 295 g/mol. The van der Waals surface area contributed by atoms with E-state index in [1.54, 1.807) is 6.07 Å². The van der Waals surface area contributed by atoms with Gasteiger partial charge in [-0.2, -0.15) is 0 Å². The van der Waals surface area contributed by atoms with Gasteiger partial charge in [-0.15, -0.1) is 0 Å². The Bertz CT molecular complexity index is 512. The molecule has 1 saturated heterocycles. The highest BCUT2D eigenvalue weighted by molar-refractivity contribution is 5.30. The molecule has 0 amide bonds. The molecule has 0 saturated carbocycles. The van der Waals surface area contributed by atoms with Crippen LogP contribution in [-0.2, 0) is 11.2 Å². The summed E-state index contributed by atoms with van der Waals surface area (Å²) in [6, 6.07) is 5.08. The van der Waals surface area contributed by atoms with Gasteiger partial charge in [-0.3, -0.25) is 0 Å². The van der Waals surface area contributed by atoms with Crippen molar-refractivity contribution in [2.75, 3.05) is 0 Å². The van der Waals surface area contributed by atoms with Gasteiger partial charge in [0, 0.05) is 12.5 Å². The third-order valence-electron chi connectivity index (χ3n) is 3.81. The normalized spacial score (nSPS) is 24.8. The van der Waals surface area contributed by atoms with Crippen molar-refractivity contribution in [2.45, 2.75) is 70.8 Å². The predicted octanol–water partition coefficient (Wildman–Crippen LogP) is 3.44. The van der Waals surface area contributed by atoms with Crippen LogP contribution in [0.1, 0.15) is 46.6 Å². The Hall–Kier alpha value is -1.13. The zero-order chi connectivity index (χ0) is 15.8. The number of halogens is 1. The van der Waals surface area contributed by atoms with Crippen molar-refractivity contribution < 1.29 is 13.9 Å². The summed E-state index contributed by atoms with van der Waals surface area (Å²) in [5.41, 5.74) is 5.95. The Balaban J connectivity index is 2.13. The number of hydrogen-bond donors (Lipinski definition) is 1. The van der Waals surface area contributed by atoms with Crippen molar-refractivity contribution >= 4 is 0 Å². The summed E-state index contributed by atoms with van der Waals surface area (Å²) in [5, 5.41) is 0. The smallest absolute Gasteiger partial charge is 0.165 e. The van der Waals surface area contributed by atoms with Gasteiger partial charge in [-0.25, -0.2) is 4.39 Å². The van der Waals surface area contributed by atoms with E-state index in [9.17, 15) is 4.39 Å². The quantitative estimate of drug-likeness (QED) is 0.925. The lowest BCUT2D eigenvalue weighted by molar-refractivity contribution is -0.0849. The Labute approximate surface area is 126 Å². The Morgan fingerprint density at radius 1 is 1.38 bits per heavy atom. The fourth-order valence-electron chi connectivity index (χ4n) is 2.99. The van der Waals surface area contributed by atoms with Gasteiger partial charge in [-0.05, 0) is 58.7 Å². The van der Waals surface area contributed by atoms with Crippen LogP contribution in [0.5, 0.6) is 5.75 Å². The average molecular weight is 295 g/mol. The van der Waals surface area contributed by atoms with E-state index in [-0.39, 0.29) is 29.3 Å². The Morgan fingerprint density at radius 3 is 2.52 bits per heavy atom. The van der Waals surface area contributed by atoms with Crippen molar-refractivity contribution in [3.63, 3.8) is 0 Å². The maximum Gasteiger partial charge on any atom is 0.165 e. The van der Waals surface area contributed by atoms with E-state index in [1.165, 1.54) is 6.07 Å². The molecule has 2 atom stereocenters. The second kappa shape index (κ2) is 5.58. The summed E-state index contributed by atoms with van der Waals surface area (Å²) in [7, 11) is 0. The van der Waals surface area contributed by atoms with Gasteiger partial charge in [0.25, 0.3) is 0 Å². The fourth-order valence-corrected chi connectivity index (χ4v) is 2.99. The molecule has 2 rings (SSSR count). The molecule has 1 fully saturated rings. The lowest BCUT2D eigenvalue weighted by Crippen LogP contribution is -2.36. The highest BCUT2D eigenvalue weighted by atomic mass is 19.1. The molecule has 1 aliphatic heterocycles. The lowest BCUT2D eigenvalue weighted by atomic mass is 9.97. The number of benzene rings is 1. The third kappa shape index (κ3) is 3.95. The fraction of sp³-hybridized carbons (Fsp3) is 0.647. The molecule has 118 valence electrons. The van der Waals surface area contributed by atoms with Crippen molar-refractivity contribution in [1.29, 1.82) is 0 Å². The van der Waals surface area contributed by atoms with Crippen LogP contribution in [0.2, 0.25) is 0 Å². The number of ether oxygens (including phenoxy) is 2. The van der Waals surface area contributed by atoms with Crippen LogP contribution in [0.4, 0.5) is 4.39 Å². The van der Waals surface area contributed by atoms with E-state index in [4.69, 9.17) is 15.2 Å². The first-order valence-corrected chi connectivity index (χ1v) is 7.50. The van der Waals surface area contributed by atoms with Crippen LogP contribution >= 0.6 is 0 Å². The van der Waals surface area contributed by atoms with E-state index in [0.717, 1.165) is 12.0 Å². The van der Waals surface area contributed by atoms with Crippen LogP contribution < -0.4 is 10.5 Å². The first-order valence-electron chi connectivity index (χ1n) is 7.50. The lowest BCUT2D eigenvalue weighted by Gasteiger charge is -2.27. The summed E-state index contributed by atoms with van der Waals surface area (Å²) in [4.78, 5) is 0. The minimum Gasteiger partial charge on any atom is -0.484 e. The summed E-state index contributed by atoms with van der Waals surface area (Å²) >= 11 is 0. The van der Waals surface area contributed by atoms with E-state index >= 15 is 0 Å². The Morgan fingerprint density at radius 2 is 2.05 bits per heavy atom. The standard InChI is InChI=1S/C17H26FNO2/c1-11(19)8-12-6-7-14(13(18)9-12)20-15-10-16(2,3)21-17(15,4)5/h6-7,9,11,15H,8,10,19H2,1-5H3. The summed E-state index contributed by atoms with van der Waals surface area (Å²) in [6.07, 6.45) is 1.23. The van der Waals surface area contributed by atoms with Gasteiger partial charge < -0.3 is 15.2 Å². The first kappa shape index (κ1) is 16.2. The van der Waals surface area contributed by atoms with Crippen molar-refractivity contribution in [2.24, 2.45) is 5.73 Å². The molecule has 1 aliphatic rings. The van der Waals surface area contributed by atoms with Crippen LogP contribution in [0.15, 0.2) is 18.2 Å². The van der Waals surface area contributed by atoms with Gasteiger partial charge in [0.2, 0.25) is 0 Å². The molecular formula is C17H26FNO2. The molecule has 1 aromatic carbocycles. The largest absolute Gasteiger partial charge is 0.484 e. The van der Waals surface area contributed by atoms with Gasteiger partial charge >= 0.3 is 0 Å². The zero-order valence-electron chi connectivity index (χ0n) is 13.6. The molecule has 0 bridgehead atoms. The molecule has 0 radical (unpaired) electrons. The molecule has 3 nitrogen and oxygen atoms in total. The van der Waals surface area contributed by atoms with E-state index < -0.39 is 5.60 Å². The molecular weight excluding hydrogens is 269 g/mol. The number of nitrogens with two attached hydrogens (primary N) is 1. The minimum atomic E-state index is -0.430. The van der Waals surface area contributed by atoms with E-state index in [0.29, 0.717) is 6.42 Å². The average Bonchev–Trinajstić information content (AvgIpc) is 2.49. The van der Waals surface area contributed by atoms with Crippen molar-refractivity contribution in [3.05, 3.63) is 29.6 Å². The van der Waals surface area contributed by atoms with Crippen LogP contribution in [0, 0.1) is 5.82 Å². The van der Waals surface area contributed by atoms with Crippen LogP contribution in [0.25, 0.3) is 0 Å². The van der Waals surface area contributed by atoms with E-state index in [2.05, 4.69) is 0 Å². The first-order chi connectivity index (χ1) is 9.59.